The van der Waals surface area contributed by atoms with Crippen LogP contribution in [-0.2, 0) is 5.33 Å². The van der Waals surface area contributed by atoms with Crippen molar-refractivity contribution in [3.63, 3.8) is 0 Å². The molecule has 2 rings (SSSR count). The summed E-state index contributed by atoms with van der Waals surface area (Å²) in [6.07, 6.45) is 0. The average Bonchev–Trinajstić information content (AvgIpc) is 2.39. The van der Waals surface area contributed by atoms with E-state index >= 15 is 0 Å². The van der Waals surface area contributed by atoms with E-state index in [0.29, 0.717) is 10.9 Å². The molecule has 2 aromatic rings. The van der Waals surface area contributed by atoms with Crippen LogP contribution in [0, 0.1) is 6.92 Å². The van der Waals surface area contributed by atoms with Crippen LogP contribution < -0.4 is 5.32 Å². The normalized spacial score (nSPS) is 10.3. The van der Waals surface area contributed by atoms with Gasteiger partial charge in [-0.25, -0.2) is 0 Å². The fourth-order valence-corrected chi connectivity index (χ4v) is 2.79. The van der Waals surface area contributed by atoms with E-state index in [1.54, 1.807) is 0 Å². The zero-order valence-corrected chi connectivity index (χ0v) is 13.6. The Morgan fingerprint density at radius 3 is 2.63 bits per heavy atom. The fraction of sp³-hybridized carbons (Fsp3) is 0.133. The second-order valence-corrected chi connectivity index (χ2v) is 5.68. The zero-order valence-electron chi connectivity index (χ0n) is 10.4. The van der Waals surface area contributed by atoms with Crippen molar-refractivity contribution in [3.8, 4) is 0 Å². The lowest BCUT2D eigenvalue weighted by atomic mass is 10.1. The van der Waals surface area contributed by atoms with Crippen LogP contribution in [0.4, 0.5) is 5.69 Å². The molecule has 19 heavy (non-hydrogen) atoms. The van der Waals surface area contributed by atoms with Gasteiger partial charge in [-0.05, 0) is 42.3 Å². The van der Waals surface area contributed by atoms with E-state index in [9.17, 15) is 4.79 Å². The van der Waals surface area contributed by atoms with Gasteiger partial charge < -0.3 is 5.32 Å². The molecule has 0 atom stereocenters. The lowest BCUT2D eigenvalue weighted by molar-refractivity contribution is 0.102. The standard InChI is InChI=1S/C15H13Br2NO/c1-10-8-12(17)6-7-13(10)15(19)18-14-5-3-2-4-11(14)9-16/h2-8H,9H2,1H3,(H,18,19). The van der Waals surface area contributed by atoms with E-state index < -0.39 is 0 Å². The molecule has 0 aromatic heterocycles. The SMILES string of the molecule is Cc1cc(Br)ccc1C(=O)Nc1ccccc1CBr. The van der Waals surface area contributed by atoms with E-state index in [4.69, 9.17) is 0 Å². The highest BCUT2D eigenvalue weighted by atomic mass is 79.9. The quantitative estimate of drug-likeness (QED) is 0.751. The third-order valence-corrected chi connectivity index (χ3v) is 3.94. The number of para-hydroxylation sites is 1. The highest BCUT2D eigenvalue weighted by molar-refractivity contribution is 9.10. The van der Waals surface area contributed by atoms with Gasteiger partial charge in [-0.2, -0.15) is 0 Å². The molecule has 1 amide bonds. The third-order valence-electron chi connectivity index (χ3n) is 2.84. The number of hydrogen-bond acceptors (Lipinski definition) is 1. The Morgan fingerprint density at radius 2 is 1.95 bits per heavy atom. The number of alkyl halides is 1. The van der Waals surface area contributed by atoms with Crippen LogP contribution in [0.3, 0.4) is 0 Å². The Morgan fingerprint density at radius 1 is 1.21 bits per heavy atom. The van der Waals surface area contributed by atoms with E-state index in [-0.39, 0.29) is 5.91 Å². The Balaban J connectivity index is 2.26. The molecule has 0 bridgehead atoms. The Kier molecular flexibility index (Phi) is 4.77. The van der Waals surface area contributed by atoms with Crippen molar-refractivity contribution in [2.24, 2.45) is 0 Å². The number of hydrogen-bond donors (Lipinski definition) is 1. The molecule has 0 aliphatic rings. The molecular weight excluding hydrogens is 370 g/mol. The van der Waals surface area contributed by atoms with Gasteiger partial charge in [0, 0.05) is 21.1 Å². The number of nitrogens with one attached hydrogen (secondary N) is 1. The molecule has 0 saturated heterocycles. The van der Waals surface area contributed by atoms with Crippen LogP contribution in [0.25, 0.3) is 0 Å². The van der Waals surface area contributed by atoms with E-state index in [1.165, 1.54) is 0 Å². The largest absolute Gasteiger partial charge is 0.322 e. The second kappa shape index (κ2) is 6.35. The highest BCUT2D eigenvalue weighted by Gasteiger charge is 2.11. The third kappa shape index (κ3) is 3.45. The molecule has 98 valence electrons. The van der Waals surface area contributed by atoms with Gasteiger partial charge in [0.1, 0.15) is 0 Å². The van der Waals surface area contributed by atoms with Gasteiger partial charge in [-0.3, -0.25) is 4.79 Å². The van der Waals surface area contributed by atoms with Gasteiger partial charge in [0.2, 0.25) is 0 Å². The predicted molar refractivity (Wildman–Crippen MR) is 85.9 cm³/mol. The molecule has 0 aliphatic heterocycles. The number of halogens is 2. The Labute approximate surface area is 129 Å². The summed E-state index contributed by atoms with van der Waals surface area (Å²) in [4.78, 5) is 12.3. The number of amides is 1. The minimum atomic E-state index is -0.0848. The molecule has 0 saturated carbocycles. The Bertz CT molecular complexity index is 611. The summed E-state index contributed by atoms with van der Waals surface area (Å²) in [6, 6.07) is 13.4. The van der Waals surface area contributed by atoms with Gasteiger partial charge >= 0.3 is 0 Å². The topological polar surface area (TPSA) is 29.1 Å². The molecule has 0 fully saturated rings. The maximum atomic E-state index is 12.3. The van der Waals surface area contributed by atoms with Crippen molar-refractivity contribution in [2.45, 2.75) is 12.3 Å². The van der Waals surface area contributed by atoms with Crippen molar-refractivity contribution >= 4 is 43.5 Å². The van der Waals surface area contributed by atoms with Gasteiger partial charge in [0.15, 0.2) is 0 Å². The lowest BCUT2D eigenvalue weighted by Gasteiger charge is -2.11. The molecule has 2 nitrogen and oxygen atoms in total. The molecule has 0 heterocycles. The molecule has 0 unspecified atom stereocenters. The van der Waals surface area contributed by atoms with Crippen LogP contribution in [0.5, 0.6) is 0 Å². The first-order valence-corrected chi connectivity index (χ1v) is 7.74. The molecule has 0 spiro atoms. The molecule has 0 aliphatic carbocycles. The van der Waals surface area contributed by atoms with Crippen LogP contribution in [0.1, 0.15) is 21.5 Å². The first-order chi connectivity index (χ1) is 9.11. The number of rotatable bonds is 3. The summed E-state index contributed by atoms with van der Waals surface area (Å²) < 4.78 is 0.974. The van der Waals surface area contributed by atoms with E-state index in [0.717, 1.165) is 21.3 Å². The minimum Gasteiger partial charge on any atom is -0.322 e. The minimum absolute atomic E-state index is 0.0848. The monoisotopic (exact) mass is 381 g/mol. The molecule has 4 heteroatoms. The maximum absolute atomic E-state index is 12.3. The first kappa shape index (κ1) is 14.3. The number of benzene rings is 2. The summed E-state index contributed by atoms with van der Waals surface area (Å²) in [6.45, 7) is 1.93. The molecule has 2 aromatic carbocycles. The first-order valence-electron chi connectivity index (χ1n) is 5.83. The van der Waals surface area contributed by atoms with Crippen LogP contribution in [0.2, 0.25) is 0 Å². The summed E-state index contributed by atoms with van der Waals surface area (Å²) in [5, 5.41) is 3.66. The number of aryl methyl sites for hydroxylation is 1. The molecule has 0 radical (unpaired) electrons. The molecular formula is C15H13Br2NO. The second-order valence-electron chi connectivity index (χ2n) is 4.20. The van der Waals surface area contributed by atoms with Gasteiger partial charge in [0.25, 0.3) is 5.91 Å². The van der Waals surface area contributed by atoms with E-state index in [1.807, 2.05) is 49.4 Å². The summed E-state index contributed by atoms with van der Waals surface area (Å²) in [5.41, 5.74) is 3.54. The lowest BCUT2D eigenvalue weighted by Crippen LogP contribution is -2.14. The van der Waals surface area contributed by atoms with Crippen LogP contribution in [-0.4, -0.2) is 5.91 Å². The van der Waals surface area contributed by atoms with Crippen molar-refractivity contribution in [1.82, 2.24) is 0 Å². The number of anilines is 1. The van der Waals surface area contributed by atoms with Gasteiger partial charge in [-0.1, -0.05) is 50.1 Å². The average molecular weight is 383 g/mol. The van der Waals surface area contributed by atoms with Crippen molar-refractivity contribution in [2.75, 3.05) is 5.32 Å². The molecule has 1 N–H and O–H groups in total. The van der Waals surface area contributed by atoms with Crippen molar-refractivity contribution in [1.29, 1.82) is 0 Å². The predicted octanol–water partition coefficient (Wildman–Crippen LogP) is 4.90. The van der Waals surface area contributed by atoms with Crippen LogP contribution in [0.15, 0.2) is 46.9 Å². The number of carbonyl (C=O) groups is 1. The van der Waals surface area contributed by atoms with Crippen molar-refractivity contribution < 1.29 is 4.79 Å². The van der Waals surface area contributed by atoms with E-state index in [2.05, 4.69) is 37.2 Å². The maximum Gasteiger partial charge on any atom is 0.255 e. The van der Waals surface area contributed by atoms with Gasteiger partial charge in [-0.15, -0.1) is 0 Å². The summed E-state index contributed by atoms with van der Waals surface area (Å²) in [5.74, 6) is -0.0848. The summed E-state index contributed by atoms with van der Waals surface area (Å²) >= 11 is 6.82. The Hall–Kier alpha value is -1.13. The van der Waals surface area contributed by atoms with Crippen LogP contribution >= 0.6 is 31.9 Å². The van der Waals surface area contributed by atoms with Gasteiger partial charge in [0.05, 0.1) is 0 Å². The zero-order chi connectivity index (χ0) is 13.8. The smallest absolute Gasteiger partial charge is 0.255 e. The van der Waals surface area contributed by atoms with Crippen molar-refractivity contribution in [3.05, 3.63) is 63.6 Å². The fourth-order valence-electron chi connectivity index (χ4n) is 1.83. The summed E-state index contributed by atoms with van der Waals surface area (Å²) in [7, 11) is 0. The number of carbonyl (C=O) groups excluding carboxylic acids is 1. The highest BCUT2D eigenvalue weighted by Crippen LogP contribution is 2.21.